The molecule has 118 valence electrons. The Hall–Kier alpha value is -2.01. The first-order chi connectivity index (χ1) is 10.6. The maximum atomic E-state index is 11.6. The van der Waals surface area contributed by atoms with Crippen molar-refractivity contribution in [2.75, 3.05) is 26.0 Å². The quantitative estimate of drug-likeness (QED) is 0.915. The van der Waals surface area contributed by atoms with Crippen molar-refractivity contribution in [2.24, 2.45) is 0 Å². The van der Waals surface area contributed by atoms with Gasteiger partial charge < -0.3 is 14.6 Å². The molecule has 1 unspecified atom stereocenters. The number of nitrogens with one attached hydrogen (secondary N) is 2. The number of likely N-dealkylation sites (N-methyl/N-ethyl adjacent to an activating group) is 1. The van der Waals surface area contributed by atoms with E-state index in [0.717, 1.165) is 24.0 Å². The Bertz CT molecular complexity index is 691. The lowest BCUT2D eigenvalue weighted by atomic mass is 9.91. The molecule has 1 atom stereocenters. The van der Waals surface area contributed by atoms with Crippen molar-refractivity contribution < 1.29 is 9.53 Å². The SMILES string of the molecule is CCOC(=O)Nc1ccc2[nH]c3c(c2c1)CC(N(C)C)CC3. The Balaban J connectivity index is 1.91. The summed E-state index contributed by atoms with van der Waals surface area (Å²) in [5.41, 5.74) is 4.63. The second-order valence-corrected chi connectivity index (χ2v) is 6.05. The number of ether oxygens (including phenoxy) is 1. The third-order valence-electron chi connectivity index (χ3n) is 4.41. The molecule has 0 aliphatic heterocycles. The molecule has 0 saturated carbocycles. The summed E-state index contributed by atoms with van der Waals surface area (Å²) in [6.45, 7) is 2.17. The zero-order valence-corrected chi connectivity index (χ0v) is 13.4. The summed E-state index contributed by atoms with van der Waals surface area (Å²) in [7, 11) is 4.27. The summed E-state index contributed by atoms with van der Waals surface area (Å²) in [5, 5.41) is 3.98. The molecular weight excluding hydrogens is 278 g/mol. The Kier molecular flexibility index (Phi) is 4.07. The van der Waals surface area contributed by atoms with Gasteiger partial charge in [0, 0.05) is 28.3 Å². The van der Waals surface area contributed by atoms with E-state index >= 15 is 0 Å². The monoisotopic (exact) mass is 301 g/mol. The molecule has 1 aromatic heterocycles. The first-order valence-electron chi connectivity index (χ1n) is 7.82. The van der Waals surface area contributed by atoms with Gasteiger partial charge in [0.1, 0.15) is 0 Å². The molecular formula is C17H23N3O2. The number of carbonyl (C=O) groups excluding carboxylic acids is 1. The van der Waals surface area contributed by atoms with Crippen LogP contribution in [0.25, 0.3) is 10.9 Å². The molecule has 5 heteroatoms. The molecule has 2 N–H and O–H groups in total. The summed E-state index contributed by atoms with van der Waals surface area (Å²) >= 11 is 0. The highest BCUT2D eigenvalue weighted by Crippen LogP contribution is 2.32. The van der Waals surface area contributed by atoms with Crippen molar-refractivity contribution in [1.29, 1.82) is 0 Å². The van der Waals surface area contributed by atoms with Gasteiger partial charge in [0.25, 0.3) is 0 Å². The van der Waals surface area contributed by atoms with Crippen LogP contribution in [0, 0.1) is 0 Å². The topological polar surface area (TPSA) is 57.4 Å². The molecule has 1 aromatic carbocycles. The Morgan fingerprint density at radius 3 is 3.00 bits per heavy atom. The van der Waals surface area contributed by atoms with Crippen LogP contribution in [0.2, 0.25) is 0 Å². The molecule has 5 nitrogen and oxygen atoms in total. The zero-order valence-electron chi connectivity index (χ0n) is 13.4. The van der Waals surface area contributed by atoms with E-state index in [2.05, 4.69) is 29.3 Å². The average molecular weight is 301 g/mol. The van der Waals surface area contributed by atoms with Crippen LogP contribution in [-0.2, 0) is 17.6 Å². The first-order valence-corrected chi connectivity index (χ1v) is 7.82. The van der Waals surface area contributed by atoms with Gasteiger partial charge in [-0.05, 0) is 64.0 Å². The number of hydrogen-bond donors (Lipinski definition) is 2. The number of H-pyrrole nitrogens is 1. The van der Waals surface area contributed by atoms with Crippen molar-refractivity contribution >= 4 is 22.7 Å². The van der Waals surface area contributed by atoms with Crippen LogP contribution < -0.4 is 5.32 Å². The highest BCUT2D eigenvalue weighted by Gasteiger charge is 2.23. The number of fused-ring (bicyclic) bond motifs is 3. The molecule has 1 aliphatic rings. The number of aromatic amines is 1. The van der Waals surface area contributed by atoms with E-state index in [4.69, 9.17) is 4.74 Å². The Morgan fingerprint density at radius 2 is 2.27 bits per heavy atom. The predicted octanol–water partition coefficient (Wildman–Crippen LogP) is 3.16. The number of carbonyl (C=O) groups is 1. The second kappa shape index (κ2) is 6.01. The van der Waals surface area contributed by atoms with Crippen molar-refractivity contribution in [3.63, 3.8) is 0 Å². The third kappa shape index (κ3) is 2.81. The molecule has 0 spiro atoms. The number of amides is 1. The van der Waals surface area contributed by atoms with E-state index in [1.165, 1.54) is 23.1 Å². The Labute approximate surface area is 130 Å². The van der Waals surface area contributed by atoms with Gasteiger partial charge in [0.2, 0.25) is 0 Å². The maximum absolute atomic E-state index is 11.6. The van der Waals surface area contributed by atoms with Gasteiger partial charge in [-0.1, -0.05) is 0 Å². The summed E-state index contributed by atoms with van der Waals surface area (Å²) in [6, 6.07) is 6.55. The van der Waals surface area contributed by atoms with Crippen LogP contribution in [0.4, 0.5) is 10.5 Å². The average Bonchev–Trinajstić information content (AvgIpc) is 2.84. The number of rotatable bonds is 3. The molecule has 22 heavy (non-hydrogen) atoms. The molecule has 0 radical (unpaired) electrons. The summed E-state index contributed by atoms with van der Waals surface area (Å²) in [4.78, 5) is 17.4. The highest BCUT2D eigenvalue weighted by atomic mass is 16.5. The summed E-state index contributed by atoms with van der Waals surface area (Å²) in [6.07, 6.45) is 2.90. The van der Waals surface area contributed by atoms with Crippen molar-refractivity contribution in [3.8, 4) is 0 Å². The van der Waals surface area contributed by atoms with Crippen LogP contribution in [0.3, 0.4) is 0 Å². The smallest absolute Gasteiger partial charge is 0.411 e. The summed E-state index contributed by atoms with van der Waals surface area (Å²) in [5.74, 6) is 0. The summed E-state index contributed by atoms with van der Waals surface area (Å²) < 4.78 is 4.94. The van der Waals surface area contributed by atoms with Crippen LogP contribution >= 0.6 is 0 Å². The van der Waals surface area contributed by atoms with E-state index < -0.39 is 6.09 Å². The molecule has 1 heterocycles. The molecule has 1 amide bonds. The standard InChI is InChI=1S/C17H23N3O2/c1-4-22-17(21)18-11-5-7-15-13(9-11)14-10-12(20(2)3)6-8-16(14)19-15/h5,7,9,12,19H,4,6,8,10H2,1-3H3,(H,18,21). The van der Waals surface area contributed by atoms with Crippen molar-refractivity contribution in [1.82, 2.24) is 9.88 Å². The number of anilines is 1. The van der Waals surface area contributed by atoms with Crippen molar-refractivity contribution in [3.05, 3.63) is 29.5 Å². The van der Waals surface area contributed by atoms with Crippen LogP contribution in [-0.4, -0.2) is 42.7 Å². The molecule has 0 saturated heterocycles. The van der Waals surface area contributed by atoms with Gasteiger partial charge in [-0.15, -0.1) is 0 Å². The van der Waals surface area contributed by atoms with Gasteiger partial charge in [0.15, 0.2) is 0 Å². The van der Waals surface area contributed by atoms with Crippen LogP contribution in [0.5, 0.6) is 0 Å². The van der Waals surface area contributed by atoms with E-state index in [9.17, 15) is 4.79 Å². The highest BCUT2D eigenvalue weighted by molar-refractivity contribution is 5.92. The van der Waals surface area contributed by atoms with E-state index in [1.807, 2.05) is 18.2 Å². The largest absolute Gasteiger partial charge is 0.450 e. The lowest BCUT2D eigenvalue weighted by Crippen LogP contribution is -2.33. The number of hydrogen-bond acceptors (Lipinski definition) is 3. The minimum Gasteiger partial charge on any atom is -0.450 e. The van der Waals surface area contributed by atoms with Crippen LogP contribution in [0.15, 0.2) is 18.2 Å². The third-order valence-corrected chi connectivity index (χ3v) is 4.41. The maximum Gasteiger partial charge on any atom is 0.411 e. The molecule has 2 aromatic rings. The fourth-order valence-electron chi connectivity index (χ4n) is 3.20. The number of aryl methyl sites for hydroxylation is 1. The lowest BCUT2D eigenvalue weighted by Gasteiger charge is -2.28. The van der Waals surface area contributed by atoms with Crippen molar-refractivity contribution in [2.45, 2.75) is 32.2 Å². The molecule has 3 rings (SSSR count). The minimum absolute atomic E-state index is 0.373. The molecule has 0 fully saturated rings. The fraction of sp³-hybridized carbons (Fsp3) is 0.471. The second-order valence-electron chi connectivity index (χ2n) is 6.05. The Morgan fingerprint density at radius 1 is 1.45 bits per heavy atom. The van der Waals surface area contributed by atoms with Gasteiger partial charge in [-0.2, -0.15) is 0 Å². The molecule has 1 aliphatic carbocycles. The lowest BCUT2D eigenvalue weighted by molar-refractivity contribution is 0.168. The fourth-order valence-corrected chi connectivity index (χ4v) is 3.20. The number of nitrogens with zero attached hydrogens (tertiary/aromatic N) is 1. The zero-order chi connectivity index (χ0) is 15.7. The van der Waals surface area contributed by atoms with E-state index in [-0.39, 0.29) is 0 Å². The van der Waals surface area contributed by atoms with Gasteiger partial charge in [0.05, 0.1) is 6.61 Å². The number of benzene rings is 1. The minimum atomic E-state index is -0.405. The normalized spacial score (nSPS) is 17.5. The first kappa shape index (κ1) is 14.9. The van der Waals surface area contributed by atoms with Gasteiger partial charge in [-0.3, -0.25) is 5.32 Å². The van der Waals surface area contributed by atoms with E-state index in [0.29, 0.717) is 12.6 Å². The molecule has 0 bridgehead atoms. The predicted molar refractivity (Wildman–Crippen MR) is 88.4 cm³/mol. The van der Waals surface area contributed by atoms with Gasteiger partial charge in [-0.25, -0.2) is 4.79 Å². The van der Waals surface area contributed by atoms with E-state index in [1.54, 1.807) is 6.92 Å². The number of aromatic nitrogens is 1. The van der Waals surface area contributed by atoms with Gasteiger partial charge >= 0.3 is 6.09 Å². The van der Waals surface area contributed by atoms with Crippen LogP contribution in [0.1, 0.15) is 24.6 Å².